The Morgan fingerprint density at radius 2 is 2.25 bits per heavy atom. The van der Waals surface area contributed by atoms with Crippen LogP contribution >= 0.6 is 0 Å². The molecule has 1 amide bonds. The maximum Gasteiger partial charge on any atom is 0.259 e. The Morgan fingerprint density at radius 3 is 2.81 bits per heavy atom. The van der Waals surface area contributed by atoms with E-state index in [2.05, 4.69) is 25.7 Å². The smallest absolute Gasteiger partial charge is 0.259 e. The van der Waals surface area contributed by atoms with Crippen LogP contribution in [0.25, 0.3) is 0 Å². The summed E-state index contributed by atoms with van der Waals surface area (Å²) in [7, 11) is 0. The van der Waals surface area contributed by atoms with Crippen molar-refractivity contribution in [3.63, 3.8) is 0 Å². The normalized spacial score (nSPS) is 9.81. The standard InChI is InChI=1S/C9H10N6O/c10-15-7-2-1-6(5-13-7)8(16)14-9-11-3-4-12-9/h1-5H,10H2,(H,13,15)(H2,11,12,14,16). The van der Waals surface area contributed by atoms with Gasteiger partial charge in [-0.2, -0.15) is 0 Å². The second-order valence-corrected chi connectivity index (χ2v) is 2.97. The predicted molar refractivity (Wildman–Crippen MR) is 58.6 cm³/mol. The fourth-order valence-electron chi connectivity index (χ4n) is 1.13. The number of anilines is 2. The number of aromatic amines is 1. The molecule has 0 saturated heterocycles. The first-order chi connectivity index (χ1) is 7.79. The van der Waals surface area contributed by atoms with E-state index in [1.807, 2.05) is 0 Å². The van der Waals surface area contributed by atoms with E-state index in [9.17, 15) is 4.79 Å². The number of nitrogens with zero attached hydrogens (tertiary/aromatic N) is 2. The summed E-state index contributed by atoms with van der Waals surface area (Å²) in [5.74, 6) is 5.76. The maximum absolute atomic E-state index is 11.6. The predicted octanol–water partition coefficient (Wildman–Crippen LogP) is 0.343. The van der Waals surface area contributed by atoms with Crippen LogP contribution in [0.15, 0.2) is 30.7 Å². The van der Waals surface area contributed by atoms with Crippen molar-refractivity contribution in [1.82, 2.24) is 15.0 Å². The molecule has 2 heterocycles. The average Bonchev–Trinajstić information content (AvgIpc) is 2.82. The molecule has 5 N–H and O–H groups in total. The number of carbonyl (C=O) groups is 1. The molecule has 0 atom stereocenters. The lowest BCUT2D eigenvalue weighted by Crippen LogP contribution is -2.14. The summed E-state index contributed by atoms with van der Waals surface area (Å²) in [4.78, 5) is 22.2. The summed E-state index contributed by atoms with van der Waals surface area (Å²) in [6, 6.07) is 3.22. The van der Waals surface area contributed by atoms with Gasteiger partial charge in [-0.25, -0.2) is 15.8 Å². The molecular weight excluding hydrogens is 208 g/mol. The summed E-state index contributed by atoms with van der Waals surface area (Å²) in [6.07, 6.45) is 4.60. The van der Waals surface area contributed by atoms with Gasteiger partial charge in [0.25, 0.3) is 5.91 Å². The molecule has 0 aliphatic rings. The van der Waals surface area contributed by atoms with Crippen molar-refractivity contribution in [2.75, 3.05) is 10.7 Å². The fourth-order valence-corrected chi connectivity index (χ4v) is 1.13. The van der Waals surface area contributed by atoms with Crippen LogP contribution < -0.4 is 16.6 Å². The number of hydrogen-bond acceptors (Lipinski definition) is 5. The third kappa shape index (κ3) is 2.15. The molecule has 7 heteroatoms. The van der Waals surface area contributed by atoms with Gasteiger partial charge in [0.05, 0.1) is 5.56 Å². The van der Waals surface area contributed by atoms with Crippen LogP contribution in [0.1, 0.15) is 10.4 Å². The zero-order chi connectivity index (χ0) is 11.4. The van der Waals surface area contributed by atoms with Crippen molar-refractivity contribution < 1.29 is 4.79 Å². The Morgan fingerprint density at radius 1 is 1.38 bits per heavy atom. The first-order valence-electron chi connectivity index (χ1n) is 4.53. The average molecular weight is 218 g/mol. The van der Waals surface area contributed by atoms with Gasteiger partial charge in [0.1, 0.15) is 5.82 Å². The van der Waals surface area contributed by atoms with Crippen LogP contribution in [0.3, 0.4) is 0 Å². The number of carbonyl (C=O) groups excluding carboxylic acids is 1. The second-order valence-electron chi connectivity index (χ2n) is 2.97. The van der Waals surface area contributed by atoms with Crippen LogP contribution in [0.2, 0.25) is 0 Å². The third-order valence-corrected chi connectivity index (χ3v) is 1.90. The Bertz CT molecular complexity index is 463. The van der Waals surface area contributed by atoms with Crippen LogP contribution in [-0.4, -0.2) is 20.9 Å². The van der Waals surface area contributed by atoms with Crippen LogP contribution in [0, 0.1) is 0 Å². The van der Waals surface area contributed by atoms with Crippen molar-refractivity contribution in [3.05, 3.63) is 36.3 Å². The quantitative estimate of drug-likeness (QED) is 0.439. The number of pyridine rings is 1. The van der Waals surface area contributed by atoms with Gasteiger partial charge in [-0.1, -0.05) is 0 Å². The highest BCUT2D eigenvalue weighted by Gasteiger charge is 2.07. The van der Waals surface area contributed by atoms with E-state index in [-0.39, 0.29) is 5.91 Å². The number of nitrogen functional groups attached to an aromatic ring is 1. The van der Waals surface area contributed by atoms with Gasteiger partial charge >= 0.3 is 0 Å². The highest BCUT2D eigenvalue weighted by atomic mass is 16.1. The molecule has 2 aromatic rings. The minimum atomic E-state index is -0.286. The largest absolute Gasteiger partial charge is 0.331 e. The molecule has 0 spiro atoms. The van der Waals surface area contributed by atoms with Crippen molar-refractivity contribution in [2.24, 2.45) is 5.84 Å². The van der Waals surface area contributed by atoms with E-state index in [1.54, 1.807) is 24.5 Å². The summed E-state index contributed by atoms with van der Waals surface area (Å²) in [5, 5.41) is 2.58. The van der Waals surface area contributed by atoms with Gasteiger partial charge in [0.15, 0.2) is 0 Å². The van der Waals surface area contributed by atoms with Gasteiger partial charge in [-0.3, -0.25) is 10.1 Å². The van der Waals surface area contributed by atoms with Crippen molar-refractivity contribution >= 4 is 17.7 Å². The second kappa shape index (κ2) is 4.41. The number of nitrogens with two attached hydrogens (primary N) is 1. The van der Waals surface area contributed by atoms with Crippen LogP contribution in [-0.2, 0) is 0 Å². The highest BCUT2D eigenvalue weighted by Crippen LogP contribution is 2.05. The summed E-state index contributed by atoms with van der Waals surface area (Å²) in [5.41, 5.74) is 2.80. The monoisotopic (exact) mass is 218 g/mol. The lowest BCUT2D eigenvalue weighted by Gasteiger charge is -2.02. The molecule has 82 valence electrons. The van der Waals surface area contributed by atoms with Crippen molar-refractivity contribution in [2.45, 2.75) is 0 Å². The third-order valence-electron chi connectivity index (χ3n) is 1.90. The molecule has 0 aromatic carbocycles. The molecule has 0 aliphatic carbocycles. The number of hydrogen-bond donors (Lipinski definition) is 4. The van der Waals surface area contributed by atoms with E-state index >= 15 is 0 Å². The van der Waals surface area contributed by atoms with Gasteiger partial charge in [-0.05, 0) is 12.1 Å². The van der Waals surface area contributed by atoms with Crippen molar-refractivity contribution in [3.8, 4) is 0 Å². The van der Waals surface area contributed by atoms with Gasteiger partial charge in [0, 0.05) is 18.6 Å². The number of imidazole rings is 1. The van der Waals surface area contributed by atoms with Gasteiger partial charge in [0.2, 0.25) is 5.95 Å². The number of hydrazine groups is 1. The molecule has 16 heavy (non-hydrogen) atoms. The lowest BCUT2D eigenvalue weighted by molar-refractivity contribution is 0.102. The Hall–Kier alpha value is -2.41. The number of amides is 1. The minimum Gasteiger partial charge on any atom is -0.331 e. The highest BCUT2D eigenvalue weighted by molar-refractivity contribution is 6.03. The Kier molecular flexibility index (Phi) is 2.79. The molecule has 0 fully saturated rings. The van der Waals surface area contributed by atoms with E-state index < -0.39 is 0 Å². The zero-order valence-electron chi connectivity index (χ0n) is 8.27. The van der Waals surface area contributed by atoms with Crippen LogP contribution in [0.4, 0.5) is 11.8 Å². The number of nitrogens with one attached hydrogen (secondary N) is 3. The number of aromatic nitrogens is 3. The van der Waals surface area contributed by atoms with E-state index in [1.165, 1.54) is 6.20 Å². The number of H-pyrrole nitrogens is 1. The van der Waals surface area contributed by atoms with Gasteiger partial charge < -0.3 is 10.4 Å². The molecular formula is C9H10N6O. The lowest BCUT2D eigenvalue weighted by atomic mass is 10.2. The fraction of sp³-hybridized carbons (Fsp3) is 0. The molecule has 7 nitrogen and oxygen atoms in total. The zero-order valence-corrected chi connectivity index (χ0v) is 8.27. The maximum atomic E-state index is 11.6. The summed E-state index contributed by atoms with van der Waals surface area (Å²) >= 11 is 0. The van der Waals surface area contributed by atoms with E-state index in [4.69, 9.17) is 5.84 Å². The summed E-state index contributed by atoms with van der Waals surface area (Å²) in [6.45, 7) is 0. The molecule has 0 unspecified atom stereocenters. The summed E-state index contributed by atoms with van der Waals surface area (Å²) < 4.78 is 0. The van der Waals surface area contributed by atoms with Gasteiger partial charge in [-0.15, -0.1) is 0 Å². The van der Waals surface area contributed by atoms with Crippen molar-refractivity contribution in [1.29, 1.82) is 0 Å². The van der Waals surface area contributed by atoms with Crippen LogP contribution in [0.5, 0.6) is 0 Å². The topological polar surface area (TPSA) is 109 Å². The first kappa shape index (κ1) is 10.1. The number of rotatable bonds is 3. The van der Waals surface area contributed by atoms with E-state index in [0.29, 0.717) is 17.3 Å². The molecule has 0 aliphatic heterocycles. The van der Waals surface area contributed by atoms with E-state index in [0.717, 1.165) is 0 Å². The Labute approximate surface area is 91.1 Å². The molecule has 0 bridgehead atoms. The molecule has 0 saturated carbocycles. The molecule has 2 rings (SSSR count). The first-order valence-corrected chi connectivity index (χ1v) is 4.53. The minimum absolute atomic E-state index is 0.286. The molecule has 2 aromatic heterocycles. The Balaban J connectivity index is 2.09. The SMILES string of the molecule is NNc1ccc(C(=O)Nc2ncc[nH]2)cn1. The molecule has 0 radical (unpaired) electrons.